The van der Waals surface area contributed by atoms with Crippen LogP contribution in [0.2, 0.25) is 0 Å². The van der Waals surface area contributed by atoms with Crippen LogP contribution in [0, 0.1) is 0 Å². The lowest BCUT2D eigenvalue weighted by Gasteiger charge is -2.36. The molecule has 0 aromatic carbocycles. The van der Waals surface area contributed by atoms with E-state index in [9.17, 15) is 9.18 Å². The van der Waals surface area contributed by atoms with E-state index in [4.69, 9.17) is 19.9 Å². The quantitative estimate of drug-likeness (QED) is 0.516. The highest BCUT2D eigenvalue weighted by atomic mass is 19.1. The van der Waals surface area contributed by atoms with E-state index in [2.05, 4.69) is 5.32 Å². The number of hydrogen-bond donors (Lipinski definition) is 2. The molecule has 2 rings (SSSR count). The molecule has 3 N–H and O–H groups in total. The molecule has 7 nitrogen and oxygen atoms in total. The number of hydrogen-bond acceptors (Lipinski definition) is 5. The maximum atomic E-state index is 15.4. The van der Waals surface area contributed by atoms with Crippen molar-refractivity contribution in [2.24, 2.45) is 5.73 Å². The van der Waals surface area contributed by atoms with Crippen LogP contribution in [0.15, 0.2) is 12.3 Å². The van der Waals surface area contributed by atoms with Crippen LogP contribution in [0.4, 0.5) is 13.6 Å². The monoisotopic (exact) mass is 405 g/mol. The van der Waals surface area contributed by atoms with Crippen LogP contribution in [0.3, 0.4) is 0 Å². The molecule has 1 saturated heterocycles. The predicted molar refractivity (Wildman–Crippen MR) is 101 cm³/mol. The molecule has 0 aromatic heterocycles. The van der Waals surface area contributed by atoms with Gasteiger partial charge in [-0.1, -0.05) is 26.7 Å². The van der Waals surface area contributed by atoms with Gasteiger partial charge in [-0.2, -0.15) is 0 Å². The molecule has 6 atom stereocenters. The Morgan fingerprint density at radius 2 is 2.04 bits per heavy atom. The fraction of sp³-hybridized carbons (Fsp3) is 0.842. The normalized spacial score (nSPS) is 33.9. The second kappa shape index (κ2) is 10.5. The minimum atomic E-state index is -1.74. The molecular formula is C19H33F2N3O4. The van der Waals surface area contributed by atoms with Gasteiger partial charge in [-0.05, 0) is 25.8 Å². The summed E-state index contributed by atoms with van der Waals surface area (Å²) >= 11 is 0. The van der Waals surface area contributed by atoms with Gasteiger partial charge in [-0.3, -0.25) is 4.90 Å². The van der Waals surface area contributed by atoms with Crippen LogP contribution in [0.25, 0.3) is 0 Å². The Balaban J connectivity index is 2.25. The zero-order valence-electron chi connectivity index (χ0n) is 16.9. The summed E-state index contributed by atoms with van der Waals surface area (Å²) in [4.78, 5) is 13.3. The summed E-state index contributed by atoms with van der Waals surface area (Å²) in [6.45, 7) is 5.83. The van der Waals surface area contributed by atoms with Crippen molar-refractivity contribution >= 4 is 6.03 Å². The van der Waals surface area contributed by atoms with Gasteiger partial charge in [-0.25, -0.2) is 13.6 Å². The summed E-state index contributed by atoms with van der Waals surface area (Å²) in [5.41, 5.74) is 4.00. The highest BCUT2D eigenvalue weighted by Crippen LogP contribution is 2.41. The molecule has 9 heteroatoms. The number of ether oxygens (including phenoxy) is 3. The first-order valence-corrected chi connectivity index (χ1v) is 10.0. The van der Waals surface area contributed by atoms with Crippen molar-refractivity contribution in [3.05, 3.63) is 12.3 Å². The molecule has 0 saturated carbocycles. The van der Waals surface area contributed by atoms with Gasteiger partial charge in [0.05, 0.1) is 12.8 Å². The molecule has 2 aliphatic heterocycles. The largest absolute Gasteiger partial charge is 0.378 e. The van der Waals surface area contributed by atoms with Crippen LogP contribution in [-0.4, -0.2) is 67.2 Å². The summed E-state index contributed by atoms with van der Waals surface area (Å²) in [6.07, 6.45) is -0.347. The Morgan fingerprint density at radius 1 is 1.36 bits per heavy atom. The molecule has 1 unspecified atom stereocenters. The average Bonchev–Trinajstić information content (AvgIpc) is 2.93. The molecule has 28 heavy (non-hydrogen) atoms. The van der Waals surface area contributed by atoms with Gasteiger partial charge >= 0.3 is 6.03 Å². The smallest absolute Gasteiger partial charge is 0.325 e. The molecule has 2 aliphatic rings. The van der Waals surface area contributed by atoms with E-state index in [1.54, 1.807) is 0 Å². The molecule has 2 amide bonds. The SMILES string of the molecule is CCCCOC[C@@]1([C@H](C)F)O[C@@H](N2C=CC(N)NC2=O)[C@H](F)[C@@H]1OCCCC. The molecule has 162 valence electrons. The second-order valence-electron chi connectivity index (χ2n) is 7.30. The predicted octanol–water partition coefficient (Wildman–Crippen LogP) is 2.60. The fourth-order valence-corrected chi connectivity index (χ4v) is 3.32. The number of alkyl halides is 2. The van der Waals surface area contributed by atoms with E-state index in [1.165, 1.54) is 19.2 Å². The number of carbonyl (C=O) groups excluding carboxylic acids is 1. The van der Waals surface area contributed by atoms with E-state index in [1.807, 2.05) is 13.8 Å². The zero-order chi connectivity index (χ0) is 20.7. The molecule has 0 aromatic rings. The van der Waals surface area contributed by atoms with E-state index in [-0.39, 0.29) is 13.2 Å². The van der Waals surface area contributed by atoms with Crippen LogP contribution >= 0.6 is 0 Å². The number of nitrogens with zero attached hydrogens (tertiary/aromatic N) is 1. The summed E-state index contributed by atoms with van der Waals surface area (Å²) in [6, 6.07) is -0.607. The molecule has 0 spiro atoms. The lowest BCUT2D eigenvalue weighted by molar-refractivity contribution is -0.182. The van der Waals surface area contributed by atoms with Gasteiger partial charge in [0.15, 0.2) is 18.0 Å². The number of halogens is 2. The van der Waals surface area contributed by atoms with E-state index >= 15 is 4.39 Å². The van der Waals surface area contributed by atoms with Crippen molar-refractivity contribution in [2.75, 3.05) is 19.8 Å². The standard InChI is InChI=1S/C19H33F2N3O4/c1-4-6-10-26-12-19(13(3)20)16(27-11-7-5-2)15(21)17(28-19)24-9-8-14(22)23-18(24)25/h8-9,13-17H,4-7,10-12,22H2,1-3H3,(H,23,25)/t13-,14?,15+,16-,17+,19-/m0/s1. The Hall–Kier alpha value is -1.29. The number of carbonyl (C=O) groups is 1. The highest BCUT2D eigenvalue weighted by Gasteiger charge is 2.62. The Bertz CT molecular complexity index is 537. The second-order valence-corrected chi connectivity index (χ2v) is 7.30. The molecule has 2 heterocycles. The Kier molecular flexibility index (Phi) is 8.60. The summed E-state index contributed by atoms with van der Waals surface area (Å²) in [7, 11) is 0. The van der Waals surface area contributed by atoms with Crippen molar-refractivity contribution in [1.82, 2.24) is 10.2 Å². The van der Waals surface area contributed by atoms with E-state index in [0.29, 0.717) is 13.0 Å². The lowest BCUT2D eigenvalue weighted by Crippen LogP contribution is -2.55. The first kappa shape index (κ1) is 23.0. The number of nitrogens with one attached hydrogen (secondary N) is 1. The number of nitrogens with two attached hydrogens (primary N) is 1. The first-order valence-electron chi connectivity index (χ1n) is 10.0. The maximum Gasteiger partial charge on any atom is 0.325 e. The first-order chi connectivity index (χ1) is 13.4. The minimum Gasteiger partial charge on any atom is -0.378 e. The van der Waals surface area contributed by atoms with Crippen molar-refractivity contribution in [3.63, 3.8) is 0 Å². The fourth-order valence-electron chi connectivity index (χ4n) is 3.32. The summed E-state index contributed by atoms with van der Waals surface area (Å²) in [5.74, 6) is 0. The number of amides is 2. The van der Waals surface area contributed by atoms with E-state index in [0.717, 1.165) is 24.2 Å². The number of rotatable bonds is 11. The molecule has 0 bridgehead atoms. The average molecular weight is 405 g/mol. The van der Waals surface area contributed by atoms with Crippen LogP contribution < -0.4 is 11.1 Å². The number of unbranched alkanes of at least 4 members (excludes halogenated alkanes) is 2. The van der Waals surface area contributed by atoms with Gasteiger partial charge in [-0.15, -0.1) is 0 Å². The van der Waals surface area contributed by atoms with Gasteiger partial charge in [0, 0.05) is 19.4 Å². The third-order valence-electron chi connectivity index (χ3n) is 5.07. The van der Waals surface area contributed by atoms with Crippen molar-refractivity contribution in [3.8, 4) is 0 Å². The van der Waals surface area contributed by atoms with E-state index < -0.39 is 42.5 Å². The van der Waals surface area contributed by atoms with Crippen molar-refractivity contribution in [2.45, 2.75) is 82.9 Å². The lowest BCUT2D eigenvalue weighted by atomic mass is 9.91. The summed E-state index contributed by atoms with van der Waals surface area (Å²) < 4.78 is 47.4. The van der Waals surface area contributed by atoms with Crippen LogP contribution in [-0.2, 0) is 14.2 Å². The van der Waals surface area contributed by atoms with Crippen molar-refractivity contribution in [1.29, 1.82) is 0 Å². The Morgan fingerprint density at radius 3 is 2.64 bits per heavy atom. The molecule has 1 fully saturated rings. The number of urea groups is 1. The maximum absolute atomic E-state index is 15.4. The summed E-state index contributed by atoms with van der Waals surface area (Å²) in [5, 5.41) is 2.48. The van der Waals surface area contributed by atoms with Gasteiger partial charge in [0.1, 0.15) is 12.3 Å². The molecular weight excluding hydrogens is 372 g/mol. The zero-order valence-corrected chi connectivity index (χ0v) is 16.9. The molecule has 0 aliphatic carbocycles. The third-order valence-corrected chi connectivity index (χ3v) is 5.07. The van der Waals surface area contributed by atoms with Gasteiger partial charge in [0.25, 0.3) is 0 Å². The minimum absolute atomic E-state index is 0.156. The topological polar surface area (TPSA) is 86.0 Å². The van der Waals surface area contributed by atoms with Crippen molar-refractivity contribution < 1.29 is 27.8 Å². The van der Waals surface area contributed by atoms with Gasteiger partial charge in [0.2, 0.25) is 0 Å². The third kappa shape index (κ3) is 5.00. The van der Waals surface area contributed by atoms with Gasteiger partial charge < -0.3 is 25.3 Å². The highest BCUT2D eigenvalue weighted by molar-refractivity contribution is 5.77. The van der Waals surface area contributed by atoms with Crippen LogP contribution in [0.5, 0.6) is 0 Å². The Labute approximate surface area is 165 Å². The van der Waals surface area contributed by atoms with Crippen LogP contribution in [0.1, 0.15) is 46.5 Å². The molecule has 0 radical (unpaired) electrons.